The smallest absolute Gasteiger partial charge is 0.292 e. The molecule has 4 heteroatoms. The van der Waals surface area contributed by atoms with Gasteiger partial charge in [0.1, 0.15) is 5.75 Å². The number of nitrogens with zero attached hydrogens (tertiary/aromatic N) is 1. The molecule has 0 aliphatic carbocycles. The van der Waals surface area contributed by atoms with Gasteiger partial charge in [-0.15, -0.1) is 0 Å². The van der Waals surface area contributed by atoms with Gasteiger partial charge in [-0.05, 0) is 44.0 Å². The molecule has 19 heavy (non-hydrogen) atoms. The minimum absolute atomic E-state index is 0.165. The first-order valence-electron chi connectivity index (χ1n) is 6.50. The number of hydrogen-bond donors (Lipinski definition) is 1. The number of oxazole rings is 1. The van der Waals surface area contributed by atoms with Crippen LogP contribution in [-0.4, -0.2) is 11.1 Å². The summed E-state index contributed by atoms with van der Waals surface area (Å²) in [5.74, 6) is 1.85. The van der Waals surface area contributed by atoms with E-state index in [0.29, 0.717) is 0 Å². The minimum atomic E-state index is 0.165. The zero-order valence-corrected chi connectivity index (χ0v) is 11.8. The average molecular weight is 260 g/mol. The first-order chi connectivity index (χ1) is 8.97. The standard InChI is InChI=1S/C15H20N2O2/c1-9(2)13-14(19-15(16)17-13)11-5-7-12(8-6-11)18-10(3)4/h5-10H,1-4H3,(H2,16,17). The van der Waals surface area contributed by atoms with E-state index in [9.17, 15) is 0 Å². The molecule has 0 aliphatic rings. The van der Waals surface area contributed by atoms with Gasteiger partial charge in [0.05, 0.1) is 11.8 Å². The number of rotatable bonds is 4. The van der Waals surface area contributed by atoms with Crippen LogP contribution in [0, 0.1) is 0 Å². The van der Waals surface area contributed by atoms with E-state index < -0.39 is 0 Å². The molecular formula is C15H20N2O2. The third-order valence-corrected chi connectivity index (χ3v) is 2.71. The average Bonchev–Trinajstić information content (AvgIpc) is 2.72. The largest absolute Gasteiger partial charge is 0.491 e. The van der Waals surface area contributed by atoms with Gasteiger partial charge in [0.15, 0.2) is 5.76 Å². The van der Waals surface area contributed by atoms with Gasteiger partial charge in [-0.1, -0.05) is 13.8 Å². The number of benzene rings is 1. The summed E-state index contributed by atoms with van der Waals surface area (Å²) in [6, 6.07) is 7.99. The van der Waals surface area contributed by atoms with E-state index in [4.69, 9.17) is 14.9 Å². The third-order valence-electron chi connectivity index (χ3n) is 2.71. The number of nitrogen functional groups attached to an aromatic ring is 1. The van der Waals surface area contributed by atoms with Crippen molar-refractivity contribution in [3.8, 4) is 17.1 Å². The van der Waals surface area contributed by atoms with Gasteiger partial charge in [0.2, 0.25) is 0 Å². The summed E-state index contributed by atoms with van der Waals surface area (Å²) in [6.45, 7) is 8.14. The molecule has 1 aromatic carbocycles. The Hall–Kier alpha value is -1.97. The van der Waals surface area contributed by atoms with Gasteiger partial charge < -0.3 is 14.9 Å². The lowest BCUT2D eigenvalue weighted by Crippen LogP contribution is -2.05. The molecule has 102 valence electrons. The molecule has 0 saturated heterocycles. The molecule has 2 N–H and O–H groups in total. The van der Waals surface area contributed by atoms with E-state index in [-0.39, 0.29) is 18.0 Å². The Morgan fingerprint density at radius 1 is 1.11 bits per heavy atom. The summed E-state index contributed by atoms with van der Waals surface area (Å²) in [4.78, 5) is 4.24. The van der Waals surface area contributed by atoms with E-state index in [1.165, 1.54) is 0 Å². The van der Waals surface area contributed by atoms with E-state index in [2.05, 4.69) is 18.8 Å². The highest BCUT2D eigenvalue weighted by Crippen LogP contribution is 2.31. The quantitative estimate of drug-likeness (QED) is 0.907. The summed E-state index contributed by atoms with van der Waals surface area (Å²) in [7, 11) is 0. The Kier molecular flexibility index (Phi) is 3.79. The predicted molar refractivity (Wildman–Crippen MR) is 76.2 cm³/mol. The van der Waals surface area contributed by atoms with Crippen LogP contribution in [0.4, 0.5) is 6.01 Å². The van der Waals surface area contributed by atoms with Crippen LogP contribution in [0.1, 0.15) is 39.3 Å². The van der Waals surface area contributed by atoms with Gasteiger partial charge in [-0.2, -0.15) is 4.98 Å². The van der Waals surface area contributed by atoms with Crippen LogP contribution in [0.2, 0.25) is 0 Å². The second-order valence-corrected chi connectivity index (χ2v) is 5.11. The van der Waals surface area contributed by atoms with Crippen LogP contribution < -0.4 is 10.5 Å². The maximum atomic E-state index is 5.65. The summed E-state index contributed by atoms with van der Waals surface area (Å²) >= 11 is 0. The molecule has 0 aliphatic heterocycles. The highest BCUT2D eigenvalue weighted by Gasteiger charge is 2.16. The molecule has 0 atom stereocenters. The van der Waals surface area contributed by atoms with Gasteiger partial charge in [0.25, 0.3) is 6.01 Å². The van der Waals surface area contributed by atoms with E-state index in [0.717, 1.165) is 22.8 Å². The monoisotopic (exact) mass is 260 g/mol. The van der Waals surface area contributed by atoms with Crippen molar-refractivity contribution in [3.05, 3.63) is 30.0 Å². The van der Waals surface area contributed by atoms with Gasteiger partial charge >= 0.3 is 0 Å². The molecule has 0 amide bonds. The highest BCUT2D eigenvalue weighted by atomic mass is 16.5. The lowest BCUT2D eigenvalue weighted by molar-refractivity contribution is 0.242. The molecule has 0 radical (unpaired) electrons. The van der Waals surface area contributed by atoms with E-state index >= 15 is 0 Å². The summed E-state index contributed by atoms with van der Waals surface area (Å²) in [6.07, 6.45) is 0.165. The van der Waals surface area contributed by atoms with E-state index in [1.807, 2.05) is 38.1 Å². The van der Waals surface area contributed by atoms with Gasteiger partial charge in [-0.3, -0.25) is 0 Å². The molecule has 2 rings (SSSR count). The molecule has 0 saturated carbocycles. The fourth-order valence-electron chi connectivity index (χ4n) is 1.90. The van der Waals surface area contributed by atoms with Crippen molar-refractivity contribution in [1.29, 1.82) is 0 Å². The normalized spacial score (nSPS) is 11.3. The van der Waals surface area contributed by atoms with Crippen LogP contribution in [0.5, 0.6) is 5.75 Å². The lowest BCUT2D eigenvalue weighted by Gasteiger charge is -2.10. The van der Waals surface area contributed by atoms with Crippen molar-refractivity contribution < 1.29 is 9.15 Å². The summed E-state index contributed by atoms with van der Waals surface area (Å²) < 4.78 is 11.1. The maximum Gasteiger partial charge on any atom is 0.292 e. The van der Waals surface area contributed by atoms with Gasteiger partial charge in [-0.25, -0.2) is 0 Å². The first kappa shape index (κ1) is 13.5. The van der Waals surface area contributed by atoms with Crippen LogP contribution in [0.15, 0.2) is 28.7 Å². The van der Waals surface area contributed by atoms with Crippen molar-refractivity contribution in [2.75, 3.05) is 5.73 Å². The molecule has 0 spiro atoms. The number of aromatic nitrogens is 1. The molecule has 0 bridgehead atoms. The Balaban J connectivity index is 2.32. The van der Waals surface area contributed by atoms with Crippen molar-refractivity contribution in [2.24, 2.45) is 0 Å². The zero-order valence-electron chi connectivity index (χ0n) is 11.8. The Morgan fingerprint density at radius 2 is 1.74 bits per heavy atom. The third kappa shape index (κ3) is 3.08. The molecule has 4 nitrogen and oxygen atoms in total. The SMILES string of the molecule is CC(C)Oc1ccc(-c2oc(N)nc2C(C)C)cc1. The number of nitrogens with two attached hydrogens (primary N) is 1. The van der Waals surface area contributed by atoms with Crippen molar-refractivity contribution in [3.63, 3.8) is 0 Å². The molecular weight excluding hydrogens is 240 g/mol. The predicted octanol–water partition coefficient (Wildman–Crippen LogP) is 3.83. The van der Waals surface area contributed by atoms with Gasteiger partial charge in [0, 0.05) is 5.56 Å². The molecule has 0 fully saturated rings. The topological polar surface area (TPSA) is 61.3 Å². The number of hydrogen-bond acceptors (Lipinski definition) is 4. The highest BCUT2D eigenvalue weighted by molar-refractivity contribution is 5.62. The minimum Gasteiger partial charge on any atom is -0.491 e. The zero-order chi connectivity index (χ0) is 14.0. The molecule has 1 aromatic heterocycles. The van der Waals surface area contributed by atoms with Crippen LogP contribution in [0.3, 0.4) is 0 Å². The molecule has 2 aromatic rings. The Bertz CT molecular complexity index is 542. The second kappa shape index (κ2) is 5.34. The number of anilines is 1. The van der Waals surface area contributed by atoms with Crippen molar-refractivity contribution in [2.45, 2.75) is 39.7 Å². The molecule has 1 heterocycles. The lowest BCUT2D eigenvalue weighted by atomic mass is 10.0. The maximum absolute atomic E-state index is 5.65. The van der Waals surface area contributed by atoms with Crippen molar-refractivity contribution >= 4 is 6.01 Å². The Morgan fingerprint density at radius 3 is 2.26 bits per heavy atom. The fraction of sp³-hybridized carbons (Fsp3) is 0.400. The van der Waals surface area contributed by atoms with Crippen molar-refractivity contribution in [1.82, 2.24) is 4.98 Å². The molecule has 0 unspecified atom stereocenters. The van der Waals surface area contributed by atoms with E-state index in [1.54, 1.807) is 0 Å². The Labute approximate surface area is 113 Å². The van der Waals surface area contributed by atoms with Crippen LogP contribution in [0.25, 0.3) is 11.3 Å². The number of ether oxygens (including phenoxy) is 1. The second-order valence-electron chi connectivity index (χ2n) is 5.11. The summed E-state index contributed by atoms with van der Waals surface area (Å²) in [5, 5.41) is 0. The first-order valence-corrected chi connectivity index (χ1v) is 6.50. The summed E-state index contributed by atoms with van der Waals surface area (Å²) in [5.41, 5.74) is 7.49. The fourth-order valence-corrected chi connectivity index (χ4v) is 1.90. The van der Waals surface area contributed by atoms with Crippen LogP contribution in [-0.2, 0) is 0 Å². The van der Waals surface area contributed by atoms with Crippen LogP contribution >= 0.6 is 0 Å².